The SMILES string of the molecule is O=C1O/C(=C\c2ccc(F)c(O)c2)C(=O)N1CC1CCOCC1. The van der Waals surface area contributed by atoms with Gasteiger partial charge in [0.2, 0.25) is 0 Å². The van der Waals surface area contributed by atoms with Crippen molar-refractivity contribution in [3.05, 3.63) is 35.3 Å². The smallest absolute Gasteiger partial charge is 0.422 e. The lowest BCUT2D eigenvalue weighted by Crippen LogP contribution is -2.35. The van der Waals surface area contributed by atoms with Crippen molar-refractivity contribution in [1.82, 2.24) is 4.90 Å². The van der Waals surface area contributed by atoms with Crippen molar-refractivity contribution in [3.8, 4) is 5.75 Å². The monoisotopic (exact) mass is 321 g/mol. The van der Waals surface area contributed by atoms with E-state index in [1.807, 2.05) is 0 Å². The molecule has 2 saturated heterocycles. The molecule has 0 bridgehead atoms. The molecule has 0 radical (unpaired) electrons. The molecule has 2 fully saturated rings. The Kier molecular flexibility index (Phi) is 4.29. The molecular formula is C16H16FNO5. The van der Waals surface area contributed by atoms with Gasteiger partial charge >= 0.3 is 6.09 Å². The Morgan fingerprint density at radius 2 is 2.04 bits per heavy atom. The van der Waals surface area contributed by atoms with Crippen LogP contribution < -0.4 is 0 Å². The maximum atomic E-state index is 13.0. The molecule has 0 aromatic heterocycles. The first-order valence-electron chi connectivity index (χ1n) is 7.36. The topological polar surface area (TPSA) is 76.1 Å². The molecule has 1 aromatic carbocycles. The van der Waals surface area contributed by atoms with Crippen molar-refractivity contribution in [1.29, 1.82) is 0 Å². The second-order valence-electron chi connectivity index (χ2n) is 5.56. The van der Waals surface area contributed by atoms with Crippen molar-refractivity contribution >= 4 is 18.1 Å². The summed E-state index contributed by atoms with van der Waals surface area (Å²) in [7, 11) is 0. The number of phenolic OH excluding ortho intramolecular Hbond substituents is 1. The summed E-state index contributed by atoms with van der Waals surface area (Å²) in [6, 6.07) is 3.61. The van der Waals surface area contributed by atoms with Crippen LogP contribution in [0.1, 0.15) is 18.4 Å². The molecule has 2 aliphatic heterocycles. The van der Waals surface area contributed by atoms with E-state index in [-0.39, 0.29) is 11.7 Å². The minimum Gasteiger partial charge on any atom is -0.505 e. The average molecular weight is 321 g/mol. The summed E-state index contributed by atoms with van der Waals surface area (Å²) in [6.07, 6.45) is 2.19. The van der Waals surface area contributed by atoms with Gasteiger partial charge in [-0.25, -0.2) is 14.1 Å². The Bertz CT molecular complexity index is 666. The summed E-state index contributed by atoms with van der Waals surface area (Å²) in [4.78, 5) is 25.2. The predicted molar refractivity (Wildman–Crippen MR) is 77.8 cm³/mol. The maximum absolute atomic E-state index is 13.0. The van der Waals surface area contributed by atoms with Crippen LogP contribution in [0.5, 0.6) is 5.75 Å². The van der Waals surface area contributed by atoms with E-state index in [0.717, 1.165) is 29.9 Å². The number of carbonyl (C=O) groups excluding carboxylic acids is 2. The highest BCUT2D eigenvalue weighted by Crippen LogP contribution is 2.25. The first-order chi connectivity index (χ1) is 11.0. The Labute approximate surface area is 132 Å². The van der Waals surface area contributed by atoms with Crippen molar-refractivity contribution in [2.75, 3.05) is 19.8 Å². The molecule has 0 saturated carbocycles. The highest BCUT2D eigenvalue weighted by Gasteiger charge is 2.38. The van der Waals surface area contributed by atoms with E-state index in [1.54, 1.807) is 0 Å². The zero-order chi connectivity index (χ0) is 16.4. The van der Waals surface area contributed by atoms with Crippen molar-refractivity contribution in [2.24, 2.45) is 5.92 Å². The highest BCUT2D eigenvalue weighted by molar-refractivity contribution is 6.09. The normalized spacial score (nSPS) is 21.1. The Hall–Kier alpha value is -2.41. The number of aromatic hydroxyl groups is 1. The first-order valence-corrected chi connectivity index (χ1v) is 7.36. The molecule has 1 aromatic rings. The van der Waals surface area contributed by atoms with Crippen LogP contribution in [-0.4, -0.2) is 41.8 Å². The fraction of sp³-hybridized carbons (Fsp3) is 0.375. The van der Waals surface area contributed by atoms with E-state index in [4.69, 9.17) is 9.47 Å². The quantitative estimate of drug-likeness (QED) is 0.864. The van der Waals surface area contributed by atoms with Crippen molar-refractivity contribution in [2.45, 2.75) is 12.8 Å². The number of rotatable bonds is 3. The second-order valence-corrected chi connectivity index (χ2v) is 5.56. The predicted octanol–water partition coefficient (Wildman–Crippen LogP) is 2.28. The molecule has 23 heavy (non-hydrogen) atoms. The molecular weight excluding hydrogens is 305 g/mol. The zero-order valence-electron chi connectivity index (χ0n) is 12.3. The molecule has 6 nitrogen and oxygen atoms in total. The Morgan fingerprint density at radius 3 is 2.74 bits per heavy atom. The fourth-order valence-corrected chi connectivity index (χ4v) is 2.62. The summed E-state index contributed by atoms with van der Waals surface area (Å²) in [5.74, 6) is -1.74. The molecule has 0 aliphatic carbocycles. The lowest BCUT2D eigenvalue weighted by atomic mass is 10.00. The fourth-order valence-electron chi connectivity index (χ4n) is 2.62. The molecule has 1 N–H and O–H groups in total. The third-order valence-electron chi connectivity index (χ3n) is 3.92. The number of carbonyl (C=O) groups is 2. The molecule has 2 amide bonds. The van der Waals surface area contributed by atoms with Crippen LogP contribution in [0.4, 0.5) is 9.18 Å². The van der Waals surface area contributed by atoms with Crippen LogP contribution >= 0.6 is 0 Å². The number of cyclic esters (lactones) is 1. The van der Waals surface area contributed by atoms with Gasteiger partial charge in [-0.05, 0) is 42.5 Å². The maximum Gasteiger partial charge on any atom is 0.422 e. The number of benzene rings is 1. The van der Waals surface area contributed by atoms with E-state index in [0.29, 0.717) is 25.3 Å². The summed E-state index contributed by atoms with van der Waals surface area (Å²) in [6.45, 7) is 1.55. The van der Waals surface area contributed by atoms with E-state index in [1.165, 1.54) is 12.1 Å². The van der Waals surface area contributed by atoms with Gasteiger partial charge in [-0.15, -0.1) is 0 Å². The summed E-state index contributed by atoms with van der Waals surface area (Å²) < 4.78 is 23.3. The number of hydrogen-bond donors (Lipinski definition) is 1. The van der Waals surface area contributed by atoms with Crippen LogP contribution in [0.15, 0.2) is 24.0 Å². The van der Waals surface area contributed by atoms with Gasteiger partial charge in [0.1, 0.15) is 0 Å². The molecule has 3 rings (SSSR count). The van der Waals surface area contributed by atoms with E-state index in [9.17, 15) is 19.1 Å². The third-order valence-corrected chi connectivity index (χ3v) is 3.92. The van der Waals surface area contributed by atoms with Gasteiger partial charge < -0.3 is 14.6 Å². The van der Waals surface area contributed by atoms with E-state index < -0.39 is 23.6 Å². The second kappa shape index (κ2) is 6.37. The largest absolute Gasteiger partial charge is 0.505 e. The number of amides is 2. The van der Waals surface area contributed by atoms with Gasteiger partial charge in [0, 0.05) is 19.8 Å². The van der Waals surface area contributed by atoms with Gasteiger partial charge in [0.15, 0.2) is 17.3 Å². The van der Waals surface area contributed by atoms with Gasteiger partial charge in [-0.2, -0.15) is 0 Å². The number of nitrogens with zero attached hydrogens (tertiary/aromatic N) is 1. The number of hydrogen-bond acceptors (Lipinski definition) is 5. The van der Waals surface area contributed by atoms with Crippen LogP contribution in [0, 0.1) is 11.7 Å². The molecule has 0 atom stereocenters. The van der Waals surface area contributed by atoms with Crippen molar-refractivity contribution < 1.29 is 28.6 Å². The van der Waals surface area contributed by atoms with Gasteiger partial charge in [0.05, 0.1) is 0 Å². The minimum atomic E-state index is -0.761. The number of halogens is 1. The summed E-state index contributed by atoms with van der Waals surface area (Å²) in [5, 5.41) is 9.34. The molecule has 2 aliphatic rings. The van der Waals surface area contributed by atoms with Gasteiger partial charge in [-0.1, -0.05) is 6.07 Å². The lowest BCUT2D eigenvalue weighted by Gasteiger charge is -2.24. The summed E-state index contributed by atoms with van der Waals surface area (Å²) in [5.41, 5.74) is 0.368. The van der Waals surface area contributed by atoms with Gasteiger partial charge in [-0.3, -0.25) is 4.79 Å². The van der Waals surface area contributed by atoms with Crippen molar-refractivity contribution in [3.63, 3.8) is 0 Å². The highest BCUT2D eigenvalue weighted by atomic mass is 19.1. The Balaban J connectivity index is 1.74. The number of imide groups is 1. The van der Waals surface area contributed by atoms with E-state index in [2.05, 4.69) is 0 Å². The first kappa shape index (κ1) is 15.5. The van der Waals surface area contributed by atoms with Crippen LogP contribution in [0.3, 0.4) is 0 Å². The van der Waals surface area contributed by atoms with Crippen LogP contribution in [0.2, 0.25) is 0 Å². The molecule has 7 heteroatoms. The van der Waals surface area contributed by atoms with E-state index >= 15 is 0 Å². The van der Waals surface area contributed by atoms with Crippen LogP contribution in [-0.2, 0) is 14.3 Å². The zero-order valence-corrected chi connectivity index (χ0v) is 12.3. The van der Waals surface area contributed by atoms with Gasteiger partial charge in [0.25, 0.3) is 5.91 Å². The molecule has 122 valence electrons. The third kappa shape index (κ3) is 3.34. The Morgan fingerprint density at radius 1 is 1.30 bits per heavy atom. The molecule has 2 heterocycles. The average Bonchev–Trinajstić information content (AvgIpc) is 2.80. The number of phenols is 1. The standard InChI is InChI=1S/C16H16FNO5/c17-12-2-1-11(7-13(12)19)8-14-15(20)18(16(21)23-14)9-10-3-5-22-6-4-10/h1-2,7-8,10,19H,3-6,9H2/b14-8-. The number of ether oxygens (including phenoxy) is 2. The minimum absolute atomic E-state index is 0.131. The molecule has 0 spiro atoms. The molecule has 0 unspecified atom stereocenters. The lowest BCUT2D eigenvalue weighted by molar-refractivity contribution is -0.123. The summed E-state index contributed by atoms with van der Waals surface area (Å²) >= 11 is 0. The van der Waals surface area contributed by atoms with Crippen LogP contribution in [0.25, 0.3) is 6.08 Å².